The van der Waals surface area contributed by atoms with E-state index in [-0.39, 0.29) is 11.9 Å². The maximum atomic E-state index is 13.2. The Labute approximate surface area is 125 Å². The van der Waals surface area contributed by atoms with Crippen molar-refractivity contribution in [1.82, 2.24) is 0 Å². The molecule has 0 saturated carbocycles. The predicted octanol–water partition coefficient (Wildman–Crippen LogP) is 4.91. The fourth-order valence-corrected chi connectivity index (χ4v) is 4.32. The number of rotatable bonds is 4. The molecule has 0 amide bonds. The van der Waals surface area contributed by atoms with Crippen molar-refractivity contribution >= 4 is 32.8 Å². The second-order valence-corrected chi connectivity index (χ2v) is 7.23. The second kappa shape index (κ2) is 5.64. The van der Waals surface area contributed by atoms with Crippen molar-refractivity contribution in [2.75, 3.05) is 0 Å². The summed E-state index contributed by atoms with van der Waals surface area (Å²) in [5.74, 6) is -0.193. The third-order valence-electron chi connectivity index (χ3n) is 3.35. The summed E-state index contributed by atoms with van der Waals surface area (Å²) in [6.07, 6.45) is 1.92. The summed E-state index contributed by atoms with van der Waals surface area (Å²) in [4.78, 5) is 3.83. The van der Waals surface area contributed by atoms with Crippen LogP contribution >= 0.6 is 22.7 Å². The lowest BCUT2D eigenvalue weighted by Gasteiger charge is -2.07. The van der Waals surface area contributed by atoms with Crippen molar-refractivity contribution in [3.8, 4) is 0 Å². The number of benzene rings is 1. The van der Waals surface area contributed by atoms with E-state index in [1.165, 1.54) is 15.8 Å². The molecule has 3 rings (SSSR count). The summed E-state index contributed by atoms with van der Waals surface area (Å²) in [6.45, 7) is 2.16. The zero-order chi connectivity index (χ0) is 14.1. The van der Waals surface area contributed by atoms with E-state index < -0.39 is 0 Å². The molecule has 0 bridgehead atoms. The molecule has 0 aliphatic rings. The quantitative estimate of drug-likeness (QED) is 0.728. The van der Waals surface area contributed by atoms with Crippen LogP contribution in [0.15, 0.2) is 36.4 Å². The van der Waals surface area contributed by atoms with Crippen molar-refractivity contribution in [2.45, 2.75) is 25.8 Å². The Bertz CT molecular complexity index is 729. The van der Waals surface area contributed by atoms with Gasteiger partial charge in [-0.15, -0.1) is 22.7 Å². The lowest BCUT2D eigenvalue weighted by atomic mass is 10.1. The third kappa shape index (κ3) is 2.77. The first-order valence-electron chi connectivity index (χ1n) is 6.68. The second-order valence-electron chi connectivity index (χ2n) is 4.86. The number of hydrogen-bond acceptors (Lipinski definition) is 3. The van der Waals surface area contributed by atoms with E-state index in [4.69, 9.17) is 5.73 Å². The van der Waals surface area contributed by atoms with Crippen molar-refractivity contribution < 1.29 is 4.39 Å². The maximum Gasteiger partial charge on any atom is 0.123 e. The first-order chi connectivity index (χ1) is 9.65. The lowest BCUT2D eigenvalue weighted by molar-refractivity contribution is 0.630. The smallest absolute Gasteiger partial charge is 0.123 e. The van der Waals surface area contributed by atoms with Crippen molar-refractivity contribution in [1.29, 1.82) is 0 Å². The zero-order valence-corrected chi connectivity index (χ0v) is 12.9. The van der Waals surface area contributed by atoms with Gasteiger partial charge in [-0.3, -0.25) is 0 Å². The summed E-state index contributed by atoms with van der Waals surface area (Å²) in [7, 11) is 0. The molecule has 2 heterocycles. The van der Waals surface area contributed by atoms with Gasteiger partial charge in [0, 0.05) is 31.8 Å². The highest BCUT2D eigenvalue weighted by Crippen LogP contribution is 2.32. The average molecular weight is 305 g/mol. The van der Waals surface area contributed by atoms with Crippen LogP contribution in [0.25, 0.3) is 10.1 Å². The van der Waals surface area contributed by atoms with E-state index in [1.54, 1.807) is 17.4 Å². The molecule has 0 spiro atoms. The molecule has 20 heavy (non-hydrogen) atoms. The van der Waals surface area contributed by atoms with E-state index in [0.717, 1.165) is 27.8 Å². The molecule has 1 atom stereocenters. The minimum absolute atomic E-state index is 0.0150. The fourth-order valence-electron chi connectivity index (χ4n) is 2.26. The molecule has 1 unspecified atom stereocenters. The van der Waals surface area contributed by atoms with Gasteiger partial charge in [0.05, 0.1) is 0 Å². The van der Waals surface area contributed by atoms with Gasteiger partial charge in [-0.1, -0.05) is 6.92 Å². The molecular weight excluding hydrogens is 289 g/mol. The van der Waals surface area contributed by atoms with Gasteiger partial charge in [0.1, 0.15) is 5.82 Å². The van der Waals surface area contributed by atoms with Gasteiger partial charge in [-0.2, -0.15) is 0 Å². The molecule has 4 heteroatoms. The molecule has 2 N–H and O–H groups in total. The summed E-state index contributed by atoms with van der Waals surface area (Å²) in [5, 5.41) is 0.945. The highest BCUT2D eigenvalue weighted by molar-refractivity contribution is 7.19. The summed E-state index contributed by atoms with van der Waals surface area (Å²) >= 11 is 3.49. The molecule has 0 aliphatic heterocycles. The van der Waals surface area contributed by atoms with Gasteiger partial charge >= 0.3 is 0 Å². The Morgan fingerprint density at radius 3 is 2.65 bits per heavy atom. The average Bonchev–Trinajstić information content (AvgIpc) is 3.04. The SMILES string of the molecule is CCc1ccc(CC(N)c2cc3cc(F)ccc3s2)s1. The molecule has 3 aromatic rings. The van der Waals surface area contributed by atoms with Crippen LogP contribution in [0.3, 0.4) is 0 Å². The summed E-state index contributed by atoms with van der Waals surface area (Å²) in [5.41, 5.74) is 6.30. The van der Waals surface area contributed by atoms with Crippen LogP contribution in [-0.4, -0.2) is 0 Å². The Balaban J connectivity index is 1.82. The fraction of sp³-hybridized carbons (Fsp3) is 0.250. The van der Waals surface area contributed by atoms with Gasteiger partial charge in [0.25, 0.3) is 0 Å². The monoisotopic (exact) mass is 305 g/mol. The van der Waals surface area contributed by atoms with E-state index in [0.29, 0.717) is 0 Å². The molecule has 104 valence electrons. The Morgan fingerprint density at radius 1 is 1.10 bits per heavy atom. The van der Waals surface area contributed by atoms with Crippen LogP contribution in [0.2, 0.25) is 0 Å². The van der Waals surface area contributed by atoms with E-state index in [1.807, 2.05) is 23.5 Å². The van der Waals surface area contributed by atoms with Gasteiger partial charge < -0.3 is 5.73 Å². The Morgan fingerprint density at radius 2 is 1.90 bits per heavy atom. The van der Waals surface area contributed by atoms with Crippen molar-refractivity contribution in [3.05, 3.63) is 56.8 Å². The first-order valence-corrected chi connectivity index (χ1v) is 8.31. The highest BCUT2D eigenvalue weighted by atomic mass is 32.1. The molecule has 2 aromatic heterocycles. The molecule has 0 radical (unpaired) electrons. The molecular formula is C16H16FNS2. The van der Waals surface area contributed by atoms with E-state index >= 15 is 0 Å². The van der Waals surface area contributed by atoms with E-state index in [9.17, 15) is 4.39 Å². The van der Waals surface area contributed by atoms with Crippen molar-refractivity contribution in [2.24, 2.45) is 5.73 Å². The number of nitrogens with two attached hydrogens (primary N) is 1. The lowest BCUT2D eigenvalue weighted by Crippen LogP contribution is -2.10. The molecule has 0 saturated heterocycles. The Hall–Kier alpha value is -1.23. The van der Waals surface area contributed by atoms with Gasteiger partial charge in [-0.05, 0) is 48.2 Å². The normalized spacial score (nSPS) is 12.9. The first kappa shape index (κ1) is 13.7. The standard InChI is InChI=1S/C16H16FNS2/c1-2-12-4-5-13(19-12)9-14(18)16-8-10-7-11(17)3-6-15(10)20-16/h3-8,14H,2,9,18H2,1H3. The number of fused-ring (bicyclic) bond motifs is 1. The zero-order valence-electron chi connectivity index (χ0n) is 11.2. The van der Waals surface area contributed by atoms with Gasteiger partial charge in [0.15, 0.2) is 0 Å². The number of halogens is 1. The van der Waals surface area contributed by atoms with Crippen molar-refractivity contribution in [3.63, 3.8) is 0 Å². The molecule has 1 aromatic carbocycles. The third-order valence-corrected chi connectivity index (χ3v) is 5.85. The minimum Gasteiger partial charge on any atom is -0.323 e. The molecule has 0 fully saturated rings. The molecule has 1 nitrogen and oxygen atoms in total. The number of thiophene rings is 2. The molecule has 0 aliphatic carbocycles. The van der Waals surface area contributed by atoms with Gasteiger partial charge in [0.2, 0.25) is 0 Å². The van der Waals surface area contributed by atoms with Gasteiger partial charge in [-0.25, -0.2) is 4.39 Å². The van der Waals surface area contributed by atoms with E-state index in [2.05, 4.69) is 19.1 Å². The van der Waals surface area contributed by atoms with Crippen LogP contribution in [0.1, 0.15) is 27.6 Å². The largest absolute Gasteiger partial charge is 0.323 e. The van der Waals surface area contributed by atoms with Crippen LogP contribution < -0.4 is 5.73 Å². The number of hydrogen-bond donors (Lipinski definition) is 1. The predicted molar refractivity (Wildman–Crippen MR) is 86.1 cm³/mol. The van der Waals surface area contributed by atoms with Crippen LogP contribution in [0.5, 0.6) is 0 Å². The van der Waals surface area contributed by atoms with Crippen LogP contribution in [0.4, 0.5) is 4.39 Å². The van der Waals surface area contributed by atoms with Crippen LogP contribution in [-0.2, 0) is 12.8 Å². The minimum atomic E-state index is -0.193. The Kier molecular flexibility index (Phi) is 3.87. The maximum absolute atomic E-state index is 13.2. The summed E-state index contributed by atoms with van der Waals surface area (Å²) in [6, 6.07) is 11.2. The topological polar surface area (TPSA) is 26.0 Å². The van der Waals surface area contributed by atoms with Crippen LogP contribution in [0, 0.1) is 5.82 Å². The summed E-state index contributed by atoms with van der Waals surface area (Å²) < 4.78 is 14.3. The number of aryl methyl sites for hydroxylation is 1. The highest BCUT2D eigenvalue weighted by Gasteiger charge is 2.12.